The van der Waals surface area contributed by atoms with E-state index in [1.165, 1.54) is 16.7 Å². The quantitative estimate of drug-likeness (QED) is 0.782. The molecule has 6 heteroatoms. The van der Waals surface area contributed by atoms with Crippen LogP contribution >= 0.6 is 11.8 Å². The Morgan fingerprint density at radius 1 is 0.815 bits per heavy atom. The van der Waals surface area contributed by atoms with Gasteiger partial charge in [-0.15, -0.1) is 11.8 Å². The van der Waals surface area contributed by atoms with E-state index in [2.05, 4.69) is 29.2 Å². The van der Waals surface area contributed by atoms with Crippen LogP contribution in [0.2, 0.25) is 0 Å². The van der Waals surface area contributed by atoms with Crippen LogP contribution in [0.3, 0.4) is 0 Å². The summed E-state index contributed by atoms with van der Waals surface area (Å²) in [5, 5.41) is 0. The Bertz CT molecular complexity index is 856. The van der Waals surface area contributed by atoms with Crippen LogP contribution in [0.25, 0.3) is 0 Å². The summed E-state index contributed by atoms with van der Waals surface area (Å²) in [6.45, 7) is 2.08. The molecule has 27 heavy (non-hydrogen) atoms. The van der Waals surface area contributed by atoms with Gasteiger partial charge in [-0.25, -0.2) is 0 Å². The normalized spacial score (nSPS) is 21.3. The number of ether oxygens (including phenoxy) is 4. The summed E-state index contributed by atoms with van der Waals surface area (Å²) in [4.78, 5) is 2.32. The van der Waals surface area contributed by atoms with Gasteiger partial charge in [0.05, 0.1) is 28.4 Å². The van der Waals surface area contributed by atoms with Gasteiger partial charge in [0.1, 0.15) is 4.87 Å². The van der Waals surface area contributed by atoms with Crippen molar-refractivity contribution in [1.82, 2.24) is 4.90 Å². The van der Waals surface area contributed by atoms with Gasteiger partial charge < -0.3 is 18.9 Å². The summed E-state index contributed by atoms with van der Waals surface area (Å²) in [5.74, 6) is 4.14. The van der Waals surface area contributed by atoms with Crippen molar-refractivity contribution in [2.24, 2.45) is 0 Å². The number of rotatable bonds is 5. The fourth-order valence-electron chi connectivity index (χ4n) is 4.24. The minimum absolute atomic E-state index is 0.243. The SMILES string of the molecule is COc1ccc(C23SCCN2CCc2cc(OC)c(OC)cc23)cc1OC. The van der Waals surface area contributed by atoms with Gasteiger partial charge in [0.25, 0.3) is 0 Å². The molecule has 1 atom stereocenters. The molecule has 0 spiro atoms. The van der Waals surface area contributed by atoms with Crippen molar-refractivity contribution in [2.75, 3.05) is 47.3 Å². The molecule has 0 aliphatic carbocycles. The second-order valence-electron chi connectivity index (χ2n) is 6.66. The number of nitrogens with zero attached hydrogens (tertiary/aromatic N) is 1. The van der Waals surface area contributed by atoms with E-state index in [0.717, 1.165) is 48.3 Å². The lowest BCUT2D eigenvalue weighted by Crippen LogP contribution is -2.45. The molecular formula is C21H25NO4S. The average molecular weight is 388 g/mol. The molecule has 1 unspecified atom stereocenters. The molecule has 0 saturated carbocycles. The third-order valence-corrected chi connectivity index (χ3v) is 7.04. The minimum atomic E-state index is -0.243. The predicted molar refractivity (Wildman–Crippen MR) is 108 cm³/mol. The molecule has 2 aliphatic rings. The first kappa shape index (κ1) is 18.3. The molecule has 2 aromatic carbocycles. The molecule has 0 aromatic heterocycles. The van der Waals surface area contributed by atoms with Gasteiger partial charge in [-0.2, -0.15) is 0 Å². The van der Waals surface area contributed by atoms with E-state index >= 15 is 0 Å². The van der Waals surface area contributed by atoms with Crippen LogP contribution in [0.1, 0.15) is 16.7 Å². The Balaban J connectivity index is 1.93. The lowest BCUT2D eigenvalue weighted by molar-refractivity contribution is 0.212. The first-order valence-corrected chi connectivity index (χ1v) is 10.0. The fraction of sp³-hybridized carbons (Fsp3) is 0.429. The van der Waals surface area contributed by atoms with Crippen LogP contribution in [0.5, 0.6) is 23.0 Å². The molecule has 2 heterocycles. The zero-order chi connectivity index (χ0) is 19.0. The Labute approximate surface area is 164 Å². The van der Waals surface area contributed by atoms with Crippen LogP contribution < -0.4 is 18.9 Å². The monoisotopic (exact) mass is 387 g/mol. The highest BCUT2D eigenvalue weighted by molar-refractivity contribution is 8.00. The van der Waals surface area contributed by atoms with Gasteiger partial charge >= 0.3 is 0 Å². The van der Waals surface area contributed by atoms with E-state index < -0.39 is 0 Å². The zero-order valence-electron chi connectivity index (χ0n) is 16.2. The average Bonchev–Trinajstić information content (AvgIpc) is 3.17. The molecule has 0 amide bonds. The topological polar surface area (TPSA) is 40.2 Å². The van der Waals surface area contributed by atoms with Gasteiger partial charge in [0.2, 0.25) is 0 Å². The molecule has 0 N–H and O–H groups in total. The Morgan fingerprint density at radius 2 is 1.48 bits per heavy atom. The molecule has 0 radical (unpaired) electrons. The highest BCUT2D eigenvalue weighted by Crippen LogP contribution is 2.55. The second kappa shape index (κ2) is 7.17. The van der Waals surface area contributed by atoms with E-state index in [1.54, 1.807) is 28.4 Å². The lowest BCUT2D eigenvalue weighted by atomic mass is 9.86. The Hall–Kier alpha value is -2.05. The molecule has 1 saturated heterocycles. The largest absolute Gasteiger partial charge is 0.493 e. The summed E-state index contributed by atoms with van der Waals surface area (Å²) < 4.78 is 22.2. The van der Waals surface area contributed by atoms with Crippen molar-refractivity contribution in [2.45, 2.75) is 11.3 Å². The first-order valence-electron chi connectivity index (χ1n) is 9.04. The first-order chi connectivity index (χ1) is 13.2. The molecule has 2 aromatic rings. The molecule has 4 rings (SSSR count). The van der Waals surface area contributed by atoms with Crippen molar-refractivity contribution in [1.29, 1.82) is 0 Å². The van der Waals surface area contributed by atoms with Crippen LogP contribution in [0.15, 0.2) is 30.3 Å². The van der Waals surface area contributed by atoms with Gasteiger partial charge in [-0.1, -0.05) is 6.07 Å². The molecule has 0 bridgehead atoms. The summed E-state index contributed by atoms with van der Waals surface area (Å²) in [5.41, 5.74) is 3.80. The Kier molecular flexibility index (Phi) is 4.86. The number of hydrogen-bond acceptors (Lipinski definition) is 6. The van der Waals surface area contributed by atoms with Crippen LogP contribution in [0.4, 0.5) is 0 Å². The molecule has 5 nitrogen and oxygen atoms in total. The van der Waals surface area contributed by atoms with Crippen molar-refractivity contribution in [3.8, 4) is 23.0 Å². The van der Waals surface area contributed by atoms with Crippen LogP contribution in [0, 0.1) is 0 Å². The zero-order valence-corrected chi connectivity index (χ0v) is 17.0. The maximum atomic E-state index is 5.62. The number of hydrogen-bond donors (Lipinski definition) is 0. The number of benzene rings is 2. The van der Waals surface area contributed by atoms with Gasteiger partial charge in [-0.3, -0.25) is 4.90 Å². The number of thioether (sulfide) groups is 1. The van der Waals surface area contributed by atoms with E-state index in [0.29, 0.717) is 0 Å². The van der Waals surface area contributed by atoms with E-state index in [1.807, 2.05) is 17.8 Å². The van der Waals surface area contributed by atoms with E-state index in [4.69, 9.17) is 18.9 Å². The van der Waals surface area contributed by atoms with Gasteiger partial charge in [-0.05, 0) is 47.4 Å². The maximum Gasteiger partial charge on any atom is 0.161 e. The smallest absolute Gasteiger partial charge is 0.161 e. The van der Waals surface area contributed by atoms with E-state index in [9.17, 15) is 0 Å². The van der Waals surface area contributed by atoms with Crippen molar-refractivity contribution >= 4 is 11.8 Å². The van der Waals surface area contributed by atoms with Crippen molar-refractivity contribution in [3.63, 3.8) is 0 Å². The molecule has 144 valence electrons. The van der Waals surface area contributed by atoms with Crippen molar-refractivity contribution in [3.05, 3.63) is 47.0 Å². The number of fused-ring (bicyclic) bond motifs is 3. The third kappa shape index (κ3) is 2.74. The second-order valence-corrected chi connectivity index (χ2v) is 7.95. The maximum absolute atomic E-state index is 5.62. The molecule has 2 aliphatic heterocycles. The Morgan fingerprint density at radius 3 is 2.19 bits per heavy atom. The van der Waals surface area contributed by atoms with Crippen LogP contribution in [-0.4, -0.2) is 52.2 Å². The number of methoxy groups -OCH3 is 4. The summed E-state index contributed by atoms with van der Waals surface area (Å²) in [7, 11) is 6.73. The van der Waals surface area contributed by atoms with Gasteiger partial charge in [0, 0.05) is 18.8 Å². The fourth-order valence-corrected chi connectivity index (χ4v) is 5.85. The van der Waals surface area contributed by atoms with Crippen LogP contribution in [-0.2, 0) is 11.3 Å². The van der Waals surface area contributed by atoms with Gasteiger partial charge in [0.15, 0.2) is 23.0 Å². The standard InChI is InChI=1S/C21H25NO4S/c1-23-17-6-5-15(12-19(17)25-3)21-16-13-20(26-4)18(24-2)11-14(16)7-8-22(21)9-10-27-21/h5-6,11-13H,7-10H2,1-4H3. The van der Waals surface area contributed by atoms with E-state index in [-0.39, 0.29) is 4.87 Å². The molecular weight excluding hydrogens is 362 g/mol. The summed E-state index contributed by atoms with van der Waals surface area (Å²) in [6, 6.07) is 10.5. The highest BCUT2D eigenvalue weighted by Gasteiger charge is 2.48. The summed E-state index contributed by atoms with van der Waals surface area (Å²) >= 11 is 1.97. The minimum Gasteiger partial charge on any atom is -0.493 e. The summed E-state index contributed by atoms with van der Waals surface area (Å²) in [6.07, 6.45) is 1.01. The van der Waals surface area contributed by atoms with Crippen molar-refractivity contribution < 1.29 is 18.9 Å². The predicted octanol–water partition coefficient (Wildman–Crippen LogP) is 3.53. The lowest BCUT2D eigenvalue weighted by Gasteiger charge is -2.43. The highest BCUT2D eigenvalue weighted by atomic mass is 32.2. The molecule has 1 fully saturated rings. The third-order valence-electron chi connectivity index (χ3n) is 5.52.